The summed E-state index contributed by atoms with van der Waals surface area (Å²) in [4.78, 5) is 30.9. The van der Waals surface area contributed by atoms with Gasteiger partial charge in [-0.25, -0.2) is 0 Å². The number of nitrogens with zero attached hydrogens (tertiary/aromatic N) is 3. The van der Waals surface area contributed by atoms with Crippen molar-refractivity contribution in [2.45, 2.75) is 45.8 Å². The number of aryl methyl sites for hydroxylation is 2. The van der Waals surface area contributed by atoms with Crippen molar-refractivity contribution in [2.75, 3.05) is 4.90 Å². The summed E-state index contributed by atoms with van der Waals surface area (Å²) in [5.74, 6) is 0.537. The Kier molecular flexibility index (Phi) is 5.61. The number of hydrogen-bond donors (Lipinski definition) is 0. The van der Waals surface area contributed by atoms with Gasteiger partial charge in [-0.2, -0.15) is 0 Å². The van der Waals surface area contributed by atoms with Crippen molar-refractivity contribution in [2.24, 2.45) is 4.99 Å². The lowest BCUT2D eigenvalue weighted by molar-refractivity contribution is -0.385. The number of non-ortho nitro benzene ring substituents is 1. The minimum Gasteiger partial charge on any atom is -0.489 e. The van der Waals surface area contributed by atoms with Crippen LogP contribution >= 0.6 is 0 Å². The van der Waals surface area contributed by atoms with Crippen molar-refractivity contribution in [3.63, 3.8) is 0 Å². The molecule has 0 saturated carbocycles. The number of benzene rings is 3. The molecule has 7 nitrogen and oxygen atoms in total. The fourth-order valence-corrected chi connectivity index (χ4v) is 4.73. The topological polar surface area (TPSA) is 85.0 Å². The Morgan fingerprint density at radius 1 is 1.15 bits per heavy atom. The molecule has 2 aliphatic heterocycles. The predicted molar refractivity (Wildman–Crippen MR) is 131 cm³/mol. The molecule has 2 aliphatic rings. The average Bonchev–Trinajstić information content (AvgIpc) is 3.14. The van der Waals surface area contributed by atoms with Gasteiger partial charge in [-0.05, 0) is 47.7 Å². The van der Waals surface area contributed by atoms with Crippen molar-refractivity contribution >= 4 is 29.2 Å². The minimum atomic E-state index is -0.374. The summed E-state index contributed by atoms with van der Waals surface area (Å²) in [6, 6.07) is 16.6. The number of aliphatic imine (C=N–C) groups is 1. The highest BCUT2D eigenvalue weighted by Crippen LogP contribution is 2.38. The molecular formula is C27H25N3O4. The lowest BCUT2D eigenvalue weighted by atomic mass is 10.1. The van der Waals surface area contributed by atoms with Crippen LogP contribution in [0.25, 0.3) is 0 Å². The van der Waals surface area contributed by atoms with Gasteiger partial charge in [0.1, 0.15) is 12.4 Å². The lowest BCUT2D eigenvalue weighted by Crippen LogP contribution is -2.37. The molecule has 0 N–H and O–H groups in total. The summed E-state index contributed by atoms with van der Waals surface area (Å²) in [5, 5.41) is 11.3. The Hall–Kier alpha value is -4.00. The van der Waals surface area contributed by atoms with Crippen molar-refractivity contribution < 1.29 is 14.5 Å². The van der Waals surface area contributed by atoms with E-state index in [1.165, 1.54) is 0 Å². The number of fused-ring (bicyclic) bond motifs is 4. The van der Waals surface area contributed by atoms with Gasteiger partial charge in [0.05, 0.1) is 22.2 Å². The van der Waals surface area contributed by atoms with E-state index in [0.717, 1.165) is 47.2 Å². The average molecular weight is 456 g/mol. The van der Waals surface area contributed by atoms with E-state index in [2.05, 4.69) is 4.99 Å². The van der Waals surface area contributed by atoms with E-state index in [-0.39, 0.29) is 29.2 Å². The molecule has 0 bridgehead atoms. The van der Waals surface area contributed by atoms with E-state index < -0.39 is 0 Å². The number of para-hydroxylation sites is 1. The van der Waals surface area contributed by atoms with Crippen LogP contribution < -0.4 is 9.64 Å². The summed E-state index contributed by atoms with van der Waals surface area (Å²) in [5.41, 5.74) is 5.74. The normalized spacial score (nSPS) is 16.0. The molecule has 3 aromatic rings. The zero-order valence-corrected chi connectivity index (χ0v) is 19.2. The van der Waals surface area contributed by atoms with Crippen LogP contribution in [0.15, 0.2) is 59.6 Å². The summed E-state index contributed by atoms with van der Waals surface area (Å²) >= 11 is 0. The quantitative estimate of drug-likeness (QED) is 0.351. The molecule has 172 valence electrons. The van der Waals surface area contributed by atoms with E-state index in [0.29, 0.717) is 17.0 Å². The van der Waals surface area contributed by atoms with Crippen LogP contribution in [0.2, 0.25) is 0 Å². The first kappa shape index (κ1) is 21.8. The Balaban J connectivity index is 1.42. The van der Waals surface area contributed by atoms with E-state index in [1.54, 1.807) is 18.2 Å². The molecule has 5 rings (SSSR count). The van der Waals surface area contributed by atoms with Gasteiger partial charge < -0.3 is 4.74 Å². The van der Waals surface area contributed by atoms with Crippen LogP contribution in [0.4, 0.5) is 17.1 Å². The van der Waals surface area contributed by atoms with Gasteiger partial charge in [0, 0.05) is 36.5 Å². The maximum atomic E-state index is 13.5. The van der Waals surface area contributed by atoms with Crippen LogP contribution in [0.5, 0.6) is 5.75 Å². The highest BCUT2D eigenvalue weighted by molar-refractivity contribution is 6.14. The Labute approximate surface area is 197 Å². The fourth-order valence-electron chi connectivity index (χ4n) is 4.73. The molecule has 7 heteroatoms. The zero-order chi connectivity index (χ0) is 23.8. The number of hydrogen-bond acceptors (Lipinski definition) is 5. The summed E-state index contributed by atoms with van der Waals surface area (Å²) in [7, 11) is 0. The number of anilines is 1. The number of nitro groups is 1. The summed E-state index contributed by atoms with van der Waals surface area (Å²) in [6.45, 7) is 4.12. The number of amides is 1. The number of carbonyl (C=O) groups excluding carboxylic acids is 1. The predicted octanol–water partition coefficient (Wildman–Crippen LogP) is 5.72. The lowest BCUT2D eigenvalue weighted by Gasteiger charge is -2.22. The van der Waals surface area contributed by atoms with Crippen LogP contribution in [-0.2, 0) is 19.4 Å². The Bertz CT molecular complexity index is 1330. The summed E-state index contributed by atoms with van der Waals surface area (Å²) < 4.78 is 6.06. The van der Waals surface area contributed by atoms with Gasteiger partial charge in [0.15, 0.2) is 0 Å². The monoisotopic (exact) mass is 455 g/mol. The Morgan fingerprint density at radius 2 is 1.94 bits per heavy atom. The van der Waals surface area contributed by atoms with Crippen molar-refractivity contribution in [3.05, 3.63) is 92.5 Å². The number of carbonyl (C=O) groups is 1. The highest BCUT2D eigenvalue weighted by Gasteiger charge is 2.36. The van der Waals surface area contributed by atoms with Crippen LogP contribution in [-0.4, -0.2) is 23.1 Å². The molecule has 0 spiro atoms. The standard InChI is InChI=1S/C27H25N3O4/c1-3-6-18-10-19(12-21(11-18)30(32)33)16-34-26-14-24-23(9-17(26)2)27(31)29-22(15-28-24)13-20-7-4-5-8-25(20)29/h4-5,7-12,14-15,22H,3,6,13,16H2,1-2H3/t22-/m0/s1. The van der Waals surface area contributed by atoms with Gasteiger partial charge in [0.25, 0.3) is 11.6 Å². The molecule has 0 unspecified atom stereocenters. The number of nitro benzene ring substituents is 1. The molecule has 0 aliphatic carbocycles. The Morgan fingerprint density at radius 3 is 2.74 bits per heavy atom. The van der Waals surface area contributed by atoms with E-state index in [1.807, 2.05) is 61.4 Å². The van der Waals surface area contributed by atoms with Crippen molar-refractivity contribution in [3.8, 4) is 5.75 Å². The molecule has 0 aromatic heterocycles. The third-order valence-corrected chi connectivity index (χ3v) is 6.32. The molecule has 0 saturated heterocycles. The van der Waals surface area contributed by atoms with Gasteiger partial charge in [-0.3, -0.25) is 24.8 Å². The van der Waals surface area contributed by atoms with Crippen LogP contribution in [0.1, 0.15) is 46.0 Å². The second-order valence-electron chi connectivity index (χ2n) is 8.79. The molecule has 0 radical (unpaired) electrons. The molecule has 34 heavy (non-hydrogen) atoms. The summed E-state index contributed by atoms with van der Waals surface area (Å²) in [6.07, 6.45) is 4.25. The van der Waals surface area contributed by atoms with E-state index in [9.17, 15) is 14.9 Å². The second-order valence-corrected chi connectivity index (χ2v) is 8.79. The number of ether oxygens (including phenoxy) is 1. The molecular weight excluding hydrogens is 430 g/mol. The van der Waals surface area contributed by atoms with Gasteiger partial charge in [0.2, 0.25) is 0 Å². The van der Waals surface area contributed by atoms with Crippen LogP contribution in [0, 0.1) is 17.0 Å². The van der Waals surface area contributed by atoms with Gasteiger partial charge in [-0.1, -0.05) is 37.6 Å². The minimum absolute atomic E-state index is 0.0688. The smallest absolute Gasteiger partial charge is 0.270 e. The highest BCUT2D eigenvalue weighted by atomic mass is 16.6. The first-order chi connectivity index (χ1) is 16.4. The third-order valence-electron chi connectivity index (χ3n) is 6.32. The van der Waals surface area contributed by atoms with Crippen molar-refractivity contribution in [1.29, 1.82) is 0 Å². The molecule has 3 aromatic carbocycles. The second kappa shape index (κ2) is 8.74. The maximum Gasteiger partial charge on any atom is 0.270 e. The molecule has 2 heterocycles. The zero-order valence-electron chi connectivity index (χ0n) is 19.2. The maximum absolute atomic E-state index is 13.5. The van der Waals surface area contributed by atoms with E-state index in [4.69, 9.17) is 4.74 Å². The SMILES string of the molecule is CCCc1cc(COc2cc3c(cc2C)C(=O)N2c4ccccc4C[C@H]2C=N3)cc([N+](=O)[O-])c1. The van der Waals surface area contributed by atoms with Gasteiger partial charge >= 0.3 is 0 Å². The third kappa shape index (κ3) is 3.94. The molecule has 1 amide bonds. The largest absolute Gasteiger partial charge is 0.489 e. The van der Waals surface area contributed by atoms with E-state index >= 15 is 0 Å². The first-order valence-corrected chi connectivity index (χ1v) is 11.4. The van der Waals surface area contributed by atoms with Crippen molar-refractivity contribution in [1.82, 2.24) is 0 Å². The number of rotatable bonds is 6. The first-order valence-electron chi connectivity index (χ1n) is 11.4. The molecule has 1 atom stereocenters. The van der Waals surface area contributed by atoms with Gasteiger partial charge in [-0.15, -0.1) is 0 Å². The fraction of sp³-hybridized carbons (Fsp3) is 0.259. The molecule has 0 fully saturated rings. The van der Waals surface area contributed by atoms with Crippen LogP contribution in [0.3, 0.4) is 0 Å².